The van der Waals surface area contributed by atoms with Gasteiger partial charge in [0.1, 0.15) is 0 Å². The Morgan fingerprint density at radius 1 is 1.04 bits per heavy atom. The average Bonchev–Trinajstić information content (AvgIpc) is 3.02. The molecule has 2 atom stereocenters. The summed E-state index contributed by atoms with van der Waals surface area (Å²) in [6.45, 7) is 9.41. The van der Waals surface area contributed by atoms with Gasteiger partial charge in [-0.25, -0.2) is 4.79 Å². The highest BCUT2D eigenvalue weighted by molar-refractivity contribution is 5.74. The van der Waals surface area contributed by atoms with Gasteiger partial charge in [0.05, 0.1) is 0 Å². The SMILES string of the molecule is CCCCCCCCn1c(N2C[C@@H](C)C[C@H](C)C2)nc2c1c(=O)[nH]c(=O)n2C. The van der Waals surface area contributed by atoms with Crippen LogP contribution in [0.3, 0.4) is 0 Å². The van der Waals surface area contributed by atoms with E-state index in [0.29, 0.717) is 23.0 Å². The number of rotatable bonds is 8. The molecule has 7 nitrogen and oxygen atoms in total. The van der Waals surface area contributed by atoms with E-state index in [-0.39, 0.29) is 5.56 Å². The lowest BCUT2D eigenvalue weighted by atomic mass is 9.92. The molecule has 1 aliphatic heterocycles. The number of hydrogen-bond acceptors (Lipinski definition) is 4. The second-order valence-corrected chi connectivity index (χ2v) is 8.67. The lowest BCUT2D eigenvalue weighted by molar-refractivity contribution is 0.351. The first-order chi connectivity index (χ1) is 13.4. The minimum atomic E-state index is -0.409. The molecule has 1 saturated heterocycles. The van der Waals surface area contributed by atoms with Crippen molar-refractivity contribution in [1.29, 1.82) is 0 Å². The standard InChI is InChI=1S/C21H35N5O2/c1-5-6-7-8-9-10-11-26-17-18(24(4)21(28)23-19(17)27)22-20(26)25-13-15(2)12-16(3)14-25/h15-16H,5-14H2,1-4H3,(H,23,27,28)/t15-,16-/m0/s1. The fraction of sp³-hybridized carbons (Fsp3) is 0.762. The summed E-state index contributed by atoms with van der Waals surface area (Å²) in [6, 6.07) is 0. The topological polar surface area (TPSA) is 75.9 Å². The number of aryl methyl sites for hydroxylation is 2. The molecular weight excluding hydrogens is 354 g/mol. The van der Waals surface area contributed by atoms with Crippen molar-refractivity contribution in [3.8, 4) is 0 Å². The summed E-state index contributed by atoms with van der Waals surface area (Å²) in [4.78, 5) is 34.2. The quantitative estimate of drug-likeness (QED) is 0.703. The number of piperidine rings is 1. The number of imidazole rings is 1. The molecule has 2 aromatic heterocycles. The van der Waals surface area contributed by atoms with Crippen LogP contribution in [0.4, 0.5) is 5.95 Å². The van der Waals surface area contributed by atoms with E-state index in [2.05, 4.69) is 35.2 Å². The third-order valence-electron chi connectivity index (χ3n) is 5.87. The molecule has 0 spiro atoms. The van der Waals surface area contributed by atoms with Gasteiger partial charge in [0.25, 0.3) is 5.56 Å². The molecule has 1 aliphatic rings. The van der Waals surface area contributed by atoms with Crippen LogP contribution in [0.25, 0.3) is 11.2 Å². The molecule has 3 rings (SSSR count). The number of H-pyrrole nitrogens is 1. The summed E-state index contributed by atoms with van der Waals surface area (Å²) in [5.41, 5.74) is 0.270. The van der Waals surface area contributed by atoms with Gasteiger partial charge < -0.3 is 9.47 Å². The van der Waals surface area contributed by atoms with Gasteiger partial charge in [-0.2, -0.15) is 4.98 Å². The smallest absolute Gasteiger partial charge is 0.329 e. The fourth-order valence-electron chi connectivity index (χ4n) is 4.55. The van der Waals surface area contributed by atoms with Crippen molar-refractivity contribution in [2.24, 2.45) is 18.9 Å². The van der Waals surface area contributed by atoms with E-state index < -0.39 is 5.69 Å². The Bertz CT molecular complexity index is 900. The maximum Gasteiger partial charge on any atom is 0.329 e. The number of nitrogens with one attached hydrogen (secondary N) is 1. The summed E-state index contributed by atoms with van der Waals surface area (Å²) >= 11 is 0. The molecule has 1 N–H and O–H groups in total. The third kappa shape index (κ3) is 4.33. The minimum absolute atomic E-state index is 0.332. The van der Waals surface area contributed by atoms with Gasteiger partial charge in [0.2, 0.25) is 5.95 Å². The molecule has 1 fully saturated rings. The first-order valence-electron chi connectivity index (χ1n) is 10.9. The summed E-state index contributed by atoms with van der Waals surface area (Å²) in [5, 5.41) is 0. The largest absolute Gasteiger partial charge is 0.342 e. The molecule has 156 valence electrons. The molecular formula is C21H35N5O2. The van der Waals surface area contributed by atoms with Gasteiger partial charge in [0.15, 0.2) is 11.2 Å². The van der Waals surface area contributed by atoms with Crippen LogP contribution in [0.1, 0.15) is 65.7 Å². The number of fused-ring (bicyclic) bond motifs is 1. The zero-order valence-corrected chi connectivity index (χ0v) is 17.8. The molecule has 0 aliphatic carbocycles. The Hall–Kier alpha value is -2.05. The van der Waals surface area contributed by atoms with Crippen molar-refractivity contribution in [1.82, 2.24) is 19.1 Å². The average molecular weight is 390 g/mol. The van der Waals surface area contributed by atoms with Crippen LogP contribution < -0.4 is 16.1 Å². The Balaban J connectivity index is 1.94. The molecule has 0 amide bonds. The molecule has 0 radical (unpaired) electrons. The number of unbranched alkanes of at least 4 members (excludes halogenated alkanes) is 5. The molecule has 0 unspecified atom stereocenters. The zero-order chi connectivity index (χ0) is 20.3. The maximum atomic E-state index is 12.6. The van der Waals surface area contributed by atoms with Gasteiger partial charge >= 0.3 is 5.69 Å². The highest BCUT2D eigenvalue weighted by Crippen LogP contribution is 2.28. The van der Waals surface area contributed by atoms with Crippen molar-refractivity contribution in [2.75, 3.05) is 18.0 Å². The highest BCUT2D eigenvalue weighted by Gasteiger charge is 2.27. The highest BCUT2D eigenvalue weighted by atomic mass is 16.2. The summed E-state index contributed by atoms with van der Waals surface area (Å²) < 4.78 is 3.51. The van der Waals surface area contributed by atoms with Crippen LogP contribution in [-0.4, -0.2) is 32.2 Å². The Morgan fingerprint density at radius 3 is 2.36 bits per heavy atom. The van der Waals surface area contributed by atoms with Crippen LogP contribution in [0.5, 0.6) is 0 Å². The Morgan fingerprint density at radius 2 is 1.68 bits per heavy atom. The van der Waals surface area contributed by atoms with E-state index in [4.69, 9.17) is 4.98 Å². The molecule has 3 heterocycles. The summed E-state index contributed by atoms with van der Waals surface area (Å²) in [6.07, 6.45) is 8.40. The number of hydrogen-bond donors (Lipinski definition) is 1. The summed E-state index contributed by atoms with van der Waals surface area (Å²) in [7, 11) is 1.67. The van der Waals surface area contributed by atoms with Crippen LogP contribution in [-0.2, 0) is 13.6 Å². The van der Waals surface area contributed by atoms with E-state index in [1.165, 1.54) is 36.7 Å². The van der Waals surface area contributed by atoms with E-state index in [1.54, 1.807) is 7.05 Å². The third-order valence-corrected chi connectivity index (χ3v) is 5.87. The first kappa shape index (κ1) is 20.7. The van der Waals surface area contributed by atoms with E-state index >= 15 is 0 Å². The predicted molar refractivity (Wildman–Crippen MR) is 114 cm³/mol. The van der Waals surface area contributed by atoms with E-state index in [0.717, 1.165) is 38.4 Å². The summed E-state index contributed by atoms with van der Waals surface area (Å²) in [5.74, 6) is 2.02. The van der Waals surface area contributed by atoms with Crippen LogP contribution in [0.15, 0.2) is 9.59 Å². The molecule has 28 heavy (non-hydrogen) atoms. The van der Waals surface area contributed by atoms with Crippen molar-refractivity contribution in [3.05, 3.63) is 20.8 Å². The number of aromatic nitrogens is 4. The number of aromatic amines is 1. The van der Waals surface area contributed by atoms with Gasteiger partial charge in [0, 0.05) is 26.7 Å². The monoisotopic (exact) mass is 389 g/mol. The van der Waals surface area contributed by atoms with Crippen LogP contribution in [0.2, 0.25) is 0 Å². The normalized spacial score (nSPS) is 20.2. The van der Waals surface area contributed by atoms with Gasteiger partial charge in [-0.15, -0.1) is 0 Å². The van der Waals surface area contributed by atoms with Gasteiger partial charge in [-0.05, 0) is 24.7 Å². The van der Waals surface area contributed by atoms with Crippen molar-refractivity contribution >= 4 is 17.1 Å². The molecule has 0 bridgehead atoms. The van der Waals surface area contributed by atoms with Gasteiger partial charge in [-0.3, -0.25) is 14.3 Å². The Labute approximate surface area is 166 Å². The molecule has 0 saturated carbocycles. The van der Waals surface area contributed by atoms with Crippen LogP contribution in [0, 0.1) is 11.8 Å². The predicted octanol–water partition coefficient (Wildman–Crippen LogP) is 3.27. The lowest BCUT2D eigenvalue weighted by Gasteiger charge is -2.35. The Kier molecular flexibility index (Phi) is 6.62. The lowest BCUT2D eigenvalue weighted by Crippen LogP contribution is -2.40. The molecule has 7 heteroatoms. The molecule has 0 aromatic carbocycles. The van der Waals surface area contributed by atoms with Gasteiger partial charge in [-0.1, -0.05) is 52.9 Å². The van der Waals surface area contributed by atoms with Crippen LogP contribution >= 0.6 is 0 Å². The van der Waals surface area contributed by atoms with Crippen molar-refractivity contribution < 1.29 is 0 Å². The maximum absolute atomic E-state index is 12.6. The first-order valence-corrected chi connectivity index (χ1v) is 10.9. The fourth-order valence-corrected chi connectivity index (χ4v) is 4.55. The second kappa shape index (κ2) is 8.97. The minimum Gasteiger partial charge on any atom is -0.342 e. The van der Waals surface area contributed by atoms with E-state index in [1.807, 2.05) is 0 Å². The second-order valence-electron chi connectivity index (χ2n) is 8.67. The number of anilines is 1. The van der Waals surface area contributed by atoms with Crippen molar-refractivity contribution in [3.63, 3.8) is 0 Å². The zero-order valence-electron chi connectivity index (χ0n) is 17.8. The number of nitrogens with zero attached hydrogens (tertiary/aromatic N) is 4. The van der Waals surface area contributed by atoms with E-state index in [9.17, 15) is 9.59 Å². The molecule has 2 aromatic rings. The van der Waals surface area contributed by atoms with Crippen molar-refractivity contribution in [2.45, 2.75) is 72.3 Å².